The summed E-state index contributed by atoms with van der Waals surface area (Å²) in [5.74, 6) is -1.22. The van der Waals surface area contributed by atoms with Crippen molar-refractivity contribution >= 4 is 52.6 Å². The second kappa shape index (κ2) is 9.51. The van der Waals surface area contributed by atoms with Crippen LogP contribution in [0.25, 0.3) is 22.6 Å². The van der Waals surface area contributed by atoms with Gasteiger partial charge in [-0.3, -0.25) is 14.4 Å². The maximum absolute atomic E-state index is 12.9. The molecule has 2 amide bonds. The summed E-state index contributed by atoms with van der Waals surface area (Å²) < 4.78 is 5.84. The van der Waals surface area contributed by atoms with Gasteiger partial charge in [0.15, 0.2) is 11.3 Å². The number of amides is 2. The van der Waals surface area contributed by atoms with Crippen LogP contribution in [0.15, 0.2) is 21.3 Å². The maximum Gasteiger partial charge on any atom is 0.255 e. The first-order valence-electron chi connectivity index (χ1n) is 9.21. The van der Waals surface area contributed by atoms with E-state index in [4.69, 9.17) is 27.5 Å². The minimum Gasteiger partial charge on any atom is -0.451 e. The predicted octanol–water partition coefficient (Wildman–Crippen LogP) is 2.04. The van der Waals surface area contributed by atoms with Crippen LogP contribution in [0.4, 0.5) is 5.69 Å². The van der Waals surface area contributed by atoms with Gasteiger partial charge in [0.2, 0.25) is 5.43 Å². The number of fused-ring (bicyclic) bond motifs is 2. The molecule has 0 atom stereocenters. The fraction of sp³-hybridized carbons (Fsp3) is 0.300. The summed E-state index contributed by atoms with van der Waals surface area (Å²) in [6.07, 6.45) is 0.703. The highest BCUT2D eigenvalue weighted by Crippen LogP contribution is 2.35. The first-order valence-corrected chi connectivity index (χ1v) is 9.59. The average Bonchev–Trinajstić information content (AvgIpc) is 2.68. The SMILES string of the molecule is Cc1c2oc3c(Cl)ccc(C(N)=O)c3nc-2c(C(=O)NCCCN(C)C)c(N)c1=O.Cl. The van der Waals surface area contributed by atoms with Crippen LogP contribution in [-0.4, -0.2) is 48.9 Å². The molecule has 3 rings (SSSR count). The lowest BCUT2D eigenvalue weighted by molar-refractivity contribution is 0.0952. The Balaban J connectivity index is 0.00000341. The molecule has 0 saturated carbocycles. The van der Waals surface area contributed by atoms with Gasteiger partial charge in [-0.2, -0.15) is 0 Å². The molecular formula is C20H23Cl2N5O4. The summed E-state index contributed by atoms with van der Waals surface area (Å²) in [6.45, 7) is 2.67. The zero-order valence-electron chi connectivity index (χ0n) is 17.2. The van der Waals surface area contributed by atoms with Crippen LogP contribution in [0.3, 0.4) is 0 Å². The Morgan fingerprint density at radius 1 is 1.29 bits per heavy atom. The Morgan fingerprint density at radius 2 is 1.97 bits per heavy atom. The van der Waals surface area contributed by atoms with Gasteiger partial charge >= 0.3 is 0 Å². The molecule has 1 heterocycles. The number of halogens is 2. The monoisotopic (exact) mass is 467 g/mol. The molecule has 1 aliphatic heterocycles. The van der Waals surface area contributed by atoms with E-state index in [0.29, 0.717) is 13.0 Å². The molecule has 5 N–H and O–H groups in total. The van der Waals surface area contributed by atoms with Crippen molar-refractivity contribution in [3.05, 3.63) is 44.1 Å². The number of benzene rings is 2. The molecule has 0 unspecified atom stereocenters. The van der Waals surface area contributed by atoms with E-state index in [-0.39, 0.29) is 62.4 Å². The molecular weight excluding hydrogens is 445 g/mol. The third-order valence-electron chi connectivity index (χ3n) is 4.72. The van der Waals surface area contributed by atoms with Gasteiger partial charge in [0.1, 0.15) is 11.2 Å². The zero-order valence-corrected chi connectivity index (χ0v) is 18.8. The number of anilines is 1. The number of carbonyl (C=O) groups excluding carboxylic acids is 2. The molecule has 31 heavy (non-hydrogen) atoms. The molecule has 0 bridgehead atoms. The van der Waals surface area contributed by atoms with E-state index in [2.05, 4.69) is 10.3 Å². The molecule has 1 aliphatic carbocycles. The zero-order chi connectivity index (χ0) is 22.2. The van der Waals surface area contributed by atoms with Gasteiger partial charge in [0.05, 0.1) is 21.8 Å². The smallest absolute Gasteiger partial charge is 0.255 e. The fourth-order valence-electron chi connectivity index (χ4n) is 3.15. The van der Waals surface area contributed by atoms with Gasteiger partial charge in [0, 0.05) is 12.1 Å². The van der Waals surface area contributed by atoms with Crippen LogP contribution < -0.4 is 22.2 Å². The van der Waals surface area contributed by atoms with E-state index in [9.17, 15) is 14.4 Å². The van der Waals surface area contributed by atoms with E-state index in [1.807, 2.05) is 19.0 Å². The van der Waals surface area contributed by atoms with Crippen LogP contribution in [-0.2, 0) is 0 Å². The van der Waals surface area contributed by atoms with E-state index in [0.717, 1.165) is 6.54 Å². The van der Waals surface area contributed by atoms with Crippen molar-refractivity contribution in [3.63, 3.8) is 0 Å². The largest absolute Gasteiger partial charge is 0.451 e. The van der Waals surface area contributed by atoms with Crippen LogP contribution in [0.1, 0.15) is 32.7 Å². The third-order valence-corrected chi connectivity index (χ3v) is 5.02. The second-order valence-corrected chi connectivity index (χ2v) is 7.59. The summed E-state index contributed by atoms with van der Waals surface area (Å²) in [7, 11) is 3.85. The number of nitrogens with zero attached hydrogens (tertiary/aromatic N) is 2. The molecule has 1 aromatic carbocycles. The molecule has 0 radical (unpaired) electrons. The number of primary amides is 1. The van der Waals surface area contributed by atoms with E-state index < -0.39 is 17.2 Å². The van der Waals surface area contributed by atoms with Gasteiger partial charge < -0.3 is 26.1 Å². The van der Waals surface area contributed by atoms with Crippen molar-refractivity contribution in [2.45, 2.75) is 13.3 Å². The number of carbonyl (C=O) groups is 2. The van der Waals surface area contributed by atoms with Crippen LogP contribution in [0.2, 0.25) is 5.02 Å². The molecule has 11 heteroatoms. The van der Waals surface area contributed by atoms with Crippen molar-refractivity contribution in [2.75, 3.05) is 32.9 Å². The lowest BCUT2D eigenvalue weighted by Crippen LogP contribution is -2.31. The number of nitrogen functional groups attached to an aromatic ring is 1. The number of nitrogens with two attached hydrogens (primary N) is 2. The van der Waals surface area contributed by atoms with Crippen molar-refractivity contribution < 1.29 is 14.0 Å². The Bertz CT molecular complexity index is 1190. The molecule has 0 fully saturated rings. The Hall–Kier alpha value is -2.88. The minimum absolute atomic E-state index is 0. The van der Waals surface area contributed by atoms with Crippen LogP contribution in [0.5, 0.6) is 0 Å². The molecule has 0 aromatic heterocycles. The number of hydrogen-bond acceptors (Lipinski definition) is 7. The lowest BCUT2D eigenvalue weighted by atomic mass is 10.00. The van der Waals surface area contributed by atoms with E-state index in [1.54, 1.807) is 0 Å². The summed E-state index contributed by atoms with van der Waals surface area (Å²) in [6, 6.07) is 2.87. The van der Waals surface area contributed by atoms with Gasteiger partial charge in [-0.25, -0.2) is 4.98 Å². The summed E-state index contributed by atoms with van der Waals surface area (Å²) in [5, 5.41) is 2.93. The van der Waals surface area contributed by atoms with Crippen molar-refractivity contribution in [1.82, 2.24) is 15.2 Å². The van der Waals surface area contributed by atoms with Gasteiger partial charge in [-0.1, -0.05) is 11.6 Å². The van der Waals surface area contributed by atoms with Gasteiger partial charge in [0.25, 0.3) is 11.8 Å². The highest BCUT2D eigenvalue weighted by molar-refractivity contribution is 6.35. The van der Waals surface area contributed by atoms with Crippen molar-refractivity contribution in [1.29, 1.82) is 0 Å². The number of nitrogens with one attached hydrogen (secondary N) is 1. The van der Waals surface area contributed by atoms with Crippen LogP contribution >= 0.6 is 24.0 Å². The first-order chi connectivity index (χ1) is 14.1. The highest BCUT2D eigenvalue weighted by atomic mass is 35.5. The summed E-state index contributed by atoms with van der Waals surface area (Å²) >= 11 is 6.20. The summed E-state index contributed by atoms with van der Waals surface area (Å²) in [5.41, 5.74) is 11.0. The van der Waals surface area contributed by atoms with Crippen molar-refractivity contribution in [2.24, 2.45) is 5.73 Å². The van der Waals surface area contributed by atoms with Gasteiger partial charge in [-0.05, 0) is 46.1 Å². The molecule has 1 aromatic rings. The van der Waals surface area contributed by atoms with Crippen LogP contribution in [0, 0.1) is 6.92 Å². The molecule has 9 nitrogen and oxygen atoms in total. The number of rotatable bonds is 6. The van der Waals surface area contributed by atoms with Gasteiger partial charge in [-0.15, -0.1) is 12.4 Å². The second-order valence-electron chi connectivity index (χ2n) is 7.18. The van der Waals surface area contributed by atoms with Crippen molar-refractivity contribution in [3.8, 4) is 11.5 Å². The highest BCUT2D eigenvalue weighted by Gasteiger charge is 2.28. The topological polar surface area (TPSA) is 145 Å². The number of aromatic nitrogens is 1. The lowest BCUT2D eigenvalue weighted by Gasteiger charge is -2.17. The number of hydrogen-bond donors (Lipinski definition) is 3. The maximum atomic E-state index is 12.9. The first kappa shape index (κ1) is 24.4. The average molecular weight is 468 g/mol. The quantitative estimate of drug-likeness (QED) is 0.285. The third kappa shape index (κ3) is 4.58. The molecule has 0 spiro atoms. The normalized spacial score (nSPS) is 11.0. The molecule has 0 saturated heterocycles. The standard InChI is InChI=1S/C20H22ClN5O4.ClH/c1-9-16(27)13(22)12(20(29)24-7-4-8-26(2)3)15-17(9)30-18-11(21)6-5-10(19(23)28)14(18)25-15;/h5-6H,4,7-8,22H2,1-3H3,(H2,23,28)(H,24,29);1H. The molecule has 2 aliphatic rings. The predicted molar refractivity (Wildman–Crippen MR) is 122 cm³/mol. The van der Waals surface area contributed by atoms with E-state index >= 15 is 0 Å². The Kier molecular flexibility index (Phi) is 7.48. The molecule has 166 valence electrons. The Labute approximate surface area is 189 Å². The Morgan fingerprint density at radius 3 is 2.58 bits per heavy atom. The van der Waals surface area contributed by atoms with E-state index in [1.165, 1.54) is 19.1 Å². The fourth-order valence-corrected chi connectivity index (χ4v) is 3.34. The minimum atomic E-state index is -0.737. The summed E-state index contributed by atoms with van der Waals surface area (Å²) in [4.78, 5) is 43.7.